The van der Waals surface area contributed by atoms with Gasteiger partial charge < -0.3 is 132 Å². The molecule has 21 rings (SSSR count). The van der Waals surface area contributed by atoms with Crippen LogP contribution >= 0.6 is 0 Å². The first-order chi connectivity index (χ1) is 73.0. The average molecular weight is 2040 g/mol. The molecule has 11 N–H and O–H groups in total. The lowest BCUT2D eigenvalue weighted by Crippen LogP contribution is -2.26. The van der Waals surface area contributed by atoms with Crippen molar-refractivity contribution in [3.05, 3.63) is 210 Å². The molecule has 3 aliphatic rings. The number of carbonyl (C=O) groups excluding carboxylic acids is 4. The number of H-pyrrole nitrogens is 4. The van der Waals surface area contributed by atoms with Crippen molar-refractivity contribution >= 4 is 137 Å². The van der Waals surface area contributed by atoms with Crippen LogP contribution < -0.4 is 79.8 Å². The van der Waals surface area contributed by atoms with Gasteiger partial charge >= 0.3 is 0 Å². The summed E-state index contributed by atoms with van der Waals surface area (Å²) in [7, 11) is 17.5. The average Bonchev–Trinajstić information content (AvgIpc) is 1.63. The maximum absolute atomic E-state index is 12.5. The van der Waals surface area contributed by atoms with E-state index in [1.54, 1.807) is 154 Å². The standard InChI is InChI=1S/C30H32N6O6.C29H30N6O4.C26H28N6O5.C22H22N6O4/c1-17-33-23-6-4-18(14-25(23)41-17)21-16-32-27-26(21)29(42-20-8-11-40-12-9-20)36-30(35-27)34-22-7-5-19(15-24(22)39-3)28(37)31-10-13-38-2;1-16-13-19(28(36)35(3)4)6-7-22(16)32-29-33-26-25(27(34-29)39-20-9-11-37-12-10-20)21(15-30-26)18-5-8-23-24(14-18)38-17(2)31-23;1-27-24(33)15-4-6-19(20(12-15)34-2)30-26-31-23-22(25(32-26)37-17-8-10-36-11-9-17)18(14-29-23)16-5-7-21(35-3)28-13-16;1-23-20(29)12-5-7-15(16(9-12)30-2)26-22-27-19-18(21(28-22)32-4)14(11-25-19)13-6-8-17(31-3)24-10-13/h4-7,14-16,20H,8-13H2,1-3H3,(H,31,37)(H2,32,34,35,36);5-8,13-15,20H,9-12H2,1-4H3,(H2,30,32,33,34);4-7,12-14,17H,8-11H2,1-3H3,(H,27,33)(H2,29,30,31,32);5-11H,1-4H3,(H,23,29)(H2,25,26,27,28). The second kappa shape index (κ2) is 46.7. The first-order valence-corrected chi connectivity index (χ1v) is 48.3. The van der Waals surface area contributed by atoms with Gasteiger partial charge in [-0.1, -0.05) is 12.1 Å². The number of pyridine rings is 2. The van der Waals surface area contributed by atoms with Gasteiger partial charge in [-0.2, -0.15) is 39.9 Å². The number of methoxy groups -OCH3 is 7. The number of oxazole rings is 2. The Kier molecular flexibility index (Phi) is 31.8. The van der Waals surface area contributed by atoms with Crippen molar-refractivity contribution in [2.75, 3.05) is 152 Å². The van der Waals surface area contributed by atoms with Gasteiger partial charge in [0.2, 0.25) is 59.1 Å². The molecule has 3 saturated heterocycles. The minimum Gasteiger partial charge on any atom is -0.495 e. The molecular weight excluding hydrogens is 1930 g/mol. The van der Waals surface area contributed by atoms with Gasteiger partial charge in [0.05, 0.1) is 128 Å². The molecule has 6 aromatic carbocycles. The van der Waals surface area contributed by atoms with E-state index in [1.165, 1.54) is 14.2 Å². The number of carbonyl (C=O) groups is 4. The SMILES string of the molecule is CNC(=O)c1ccc(Nc2nc(OC)c3c(-c4ccc(OC)nc4)c[nH]c3n2)c(OC)c1.CNC(=O)c1ccc(Nc2nc(OC3CCOCC3)c3c(-c4ccc(OC)nc4)c[nH]c3n2)c(OC)c1.COCCNC(=O)c1ccc(Nc2nc(OC3CCOCC3)c3c(-c4ccc5nc(C)oc5c4)c[nH]c3n2)c(OC)c1.Cc1nc2ccc(-c3c[nH]c4nc(Nc5ccc(C(=O)N(C)C)cc5C)nc(OC5CCOCC5)c34)cc2o1. The summed E-state index contributed by atoms with van der Waals surface area (Å²) in [5.74, 6) is 6.16. The van der Waals surface area contributed by atoms with Crippen LogP contribution in [0.1, 0.15) is 97.3 Å². The monoisotopic (exact) mass is 2040 g/mol. The second-order valence-electron chi connectivity index (χ2n) is 35.0. The number of hydrogen-bond acceptors (Lipinski definition) is 35. The van der Waals surface area contributed by atoms with Crippen molar-refractivity contribution < 1.29 is 89.6 Å². The van der Waals surface area contributed by atoms with Gasteiger partial charge in [-0.15, -0.1) is 0 Å². The summed E-state index contributed by atoms with van der Waals surface area (Å²) in [6, 6.07) is 40.0. The Bertz CT molecular complexity index is 7900. The zero-order valence-electron chi connectivity index (χ0n) is 84.9. The molecule has 0 radical (unpaired) electrons. The summed E-state index contributed by atoms with van der Waals surface area (Å²) >= 11 is 0. The Morgan fingerprint density at radius 1 is 0.373 bits per heavy atom. The van der Waals surface area contributed by atoms with Crippen molar-refractivity contribution in [2.24, 2.45) is 0 Å². The van der Waals surface area contributed by atoms with Crippen LogP contribution in [0.5, 0.6) is 52.5 Å². The number of amides is 4. The molecule has 0 saturated carbocycles. The normalized spacial score (nSPS) is 13.2. The van der Waals surface area contributed by atoms with Crippen molar-refractivity contribution in [1.29, 1.82) is 0 Å². The molecule has 0 unspecified atom stereocenters. The van der Waals surface area contributed by atoms with Gasteiger partial charge in [0, 0.05) is 205 Å². The van der Waals surface area contributed by atoms with E-state index in [-0.39, 0.29) is 41.9 Å². The van der Waals surface area contributed by atoms with Crippen molar-refractivity contribution in [3.63, 3.8) is 0 Å². The predicted molar refractivity (Wildman–Crippen MR) is 563 cm³/mol. The van der Waals surface area contributed by atoms with Crippen LogP contribution in [0.4, 0.5) is 46.5 Å². The summed E-state index contributed by atoms with van der Waals surface area (Å²) in [6.45, 7) is 10.3. The lowest BCUT2D eigenvalue weighted by molar-refractivity contribution is 0.0242. The molecule has 4 amide bonds. The number of aryl methyl sites for hydroxylation is 3. The highest BCUT2D eigenvalue weighted by molar-refractivity contribution is 6.04. The molecule has 3 aliphatic heterocycles. The lowest BCUT2D eigenvalue weighted by Gasteiger charge is -2.23. The number of nitrogens with one attached hydrogen (secondary N) is 11. The molecule has 0 atom stereocenters. The number of nitrogens with zero attached hydrogens (tertiary/aromatic N) is 13. The topological polar surface area (TPSA) is 520 Å². The number of ether oxygens (including phenoxy) is 13. The van der Waals surface area contributed by atoms with Gasteiger partial charge in [0.25, 0.3) is 23.6 Å². The van der Waals surface area contributed by atoms with E-state index in [1.807, 2.05) is 106 Å². The van der Waals surface area contributed by atoms with Crippen LogP contribution in [0.15, 0.2) is 179 Å². The van der Waals surface area contributed by atoms with Crippen molar-refractivity contribution in [1.82, 2.24) is 101 Å². The third-order valence-corrected chi connectivity index (χ3v) is 25.0. The molecule has 150 heavy (non-hydrogen) atoms. The Hall–Kier alpha value is -17.8. The van der Waals surface area contributed by atoms with Crippen LogP contribution in [0.3, 0.4) is 0 Å². The van der Waals surface area contributed by atoms with E-state index in [9.17, 15) is 19.2 Å². The van der Waals surface area contributed by atoms with Gasteiger partial charge in [0.15, 0.2) is 22.9 Å². The molecule has 15 heterocycles. The Morgan fingerprint density at radius 3 is 1.06 bits per heavy atom. The van der Waals surface area contributed by atoms with Crippen LogP contribution in [-0.4, -0.2) is 257 Å². The summed E-state index contributed by atoms with van der Waals surface area (Å²) < 4.78 is 84.9. The number of aromatic nitrogens is 16. The lowest BCUT2D eigenvalue weighted by atomic mass is 10.1. The van der Waals surface area contributed by atoms with Crippen LogP contribution in [0.25, 0.3) is 111 Å². The zero-order chi connectivity index (χ0) is 105. The third-order valence-electron chi connectivity index (χ3n) is 25.0. The van der Waals surface area contributed by atoms with Crippen LogP contribution in [-0.2, 0) is 18.9 Å². The smallest absolute Gasteiger partial charge is 0.253 e. The largest absolute Gasteiger partial charge is 0.495 e. The van der Waals surface area contributed by atoms with E-state index in [4.69, 9.17) is 100 Å². The fourth-order valence-electron chi connectivity index (χ4n) is 17.3. The molecule has 3 fully saturated rings. The van der Waals surface area contributed by atoms with Crippen LogP contribution in [0, 0.1) is 20.8 Å². The maximum atomic E-state index is 12.5. The molecule has 18 aromatic rings. The second-order valence-corrected chi connectivity index (χ2v) is 35.0. The molecular formula is C107H112N24O19. The maximum Gasteiger partial charge on any atom is 0.253 e. The van der Waals surface area contributed by atoms with E-state index in [0.717, 1.165) is 132 Å². The Labute approximate surface area is 859 Å². The fraction of sp³-hybridized carbons (Fsp3) is 0.290. The molecule has 0 aliphatic carbocycles. The molecule has 12 aromatic heterocycles. The molecule has 43 nitrogen and oxygen atoms in total. The number of anilines is 8. The Morgan fingerprint density at radius 2 is 0.720 bits per heavy atom. The number of hydrogen-bond donors (Lipinski definition) is 11. The van der Waals surface area contributed by atoms with Crippen molar-refractivity contribution in [2.45, 2.75) is 77.6 Å². The quantitative estimate of drug-likeness (QED) is 0.0180. The highest BCUT2D eigenvalue weighted by Crippen LogP contribution is 2.44. The van der Waals surface area contributed by atoms with Gasteiger partial charge in [0.1, 0.15) is 69.2 Å². The zero-order valence-corrected chi connectivity index (χ0v) is 84.9. The highest BCUT2D eigenvalue weighted by Gasteiger charge is 2.30. The summed E-state index contributed by atoms with van der Waals surface area (Å²) in [6.07, 6.45) is 15.5. The van der Waals surface area contributed by atoms with Gasteiger partial charge in [-0.25, -0.2) is 19.9 Å². The molecule has 0 spiro atoms. The molecule has 43 heteroatoms. The Balaban J connectivity index is 0.000000131. The third kappa shape index (κ3) is 23.3. The van der Waals surface area contributed by atoms with E-state index >= 15 is 0 Å². The van der Waals surface area contributed by atoms with E-state index < -0.39 is 0 Å². The van der Waals surface area contributed by atoms with E-state index in [2.05, 4.69) is 87.1 Å². The van der Waals surface area contributed by atoms with Gasteiger partial charge in [-0.3, -0.25) is 19.2 Å². The first-order valence-electron chi connectivity index (χ1n) is 48.3. The predicted octanol–water partition coefficient (Wildman–Crippen LogP) is 17.0. The fourth-order valence-corrected chi connectivity index (χ4v) is 17.3. The van der Waals surface area contributed by atoms with E-state index in [0.29, 0.717) is 208 Å². The summed E-state index contributed by atoms with van der Waals surface area (Å²) in [5.41, 5.74) is 18.2. The number of fused-ring (bicyclic) bond motifs is 6. The summed E-state index contributed by atoms with van der Waals surface area (Å²) in [4.78, 5) is 118. The minimum absolute atomic E-state index is 0.00933. The molecule has 774 valence electrons. The minimum atomic E-state index is -0.223. The summed E-state index contributed by atoms with van der Waals surface area (Å²) in [5, 5.41) is 23.9. The molecule has 0 bridgehead atoms. The first kappa shape index (κ1) is 102. The van der Waals surface area contributed by atoms with Crippen LogP contribution in [0.2, 0.25) is 0 Å². The highest BCUT2D eigenvalue weighted by atomic mass is 16.5. The number of rotatable bonds is 31. The number of aromatic amines is 4. The van der Waals surface area contributed by atoms with Gasteiger partial charge in [-0.05, 0) is 133 Å². The number of benzene rings is 6. The van der Waals surface area contributed by atoms with Crippen molar-refractivity contribution in [3.8, 4) is 97.0 Å².